The van der Waals surface area contributed by atoms with Gasteiger partial charge in [-0.1, -0.05) is 24.6 Å². The molecule has 0 saturated carbocycles. The predicted octanol–water partition coefficient (Wildman–Crippen LogP) is 3.52. The van der Waals surface area contributed by atoms with E-state index in [0.29, 0.717) is 5.02 Å². The standard InChI is InChI=1S/C15H20ClN3/c1-2-19-9-4-7-15(12-17,8-10-19)18-14-6-3-5-13(16)11-14/h3,5-6,11,18H,2,4,7-10H2,1H3. The van der Waals surface area contributed by atoms with E-state index in [0.717, 1.165) is 44.6 Å². The molecule has 3 nitrogen and oxygen atoms in total. The average Bonchev–Trinajstić information content (AvgIpc) is 2.62. The topological polar surface area (TPSA) is 39.1 Å². The van der Waals surface area contributed by atoms with Crippen LogP contribution >= 0.6 is 11.6 Å². The molecule has 1 aliphatic heterocycles. The first-order valence-electron chi connectivity index (χ1n) is 6.85. The van der Waals surface area contributed by atoms with Gasteiger partial charge in [-0.15, -0.1) is 0 Å². The second kappa shape index (κ2) is 6.27. The Morgan fingerprint density at radius 1 is 1.42 bits per heavy atom. The highest BCUT2D eigenvalue weighted by Gasteiger charge is 2.32. The zero-order valence-corrected chi connectivity index (χ0v) is 12.1. The minimum absolute atomic E-state index is 0.464. The summed E-state index contributed by atoms with van der Waals surface area (Å²) in [7, 11) is 0. The zero-order valence-electron chi connectivity index (χ0n) is 11.3. The van der Waals surface area contributed by atoms with E-state index in [2.05, 4.69) is 23.2 Å². The lowest BCUT2D eigenvalue weighted by Crippen LogP contribution is -2.37. The van der Waals surface area contributed by atoms with Gasteiger partial charge in [0.25, 0.3) is 0 Å². The number of hydrogen-bond donors (Lipinski definition) is 1. The van der Waals surface area contributed by atoms with Gasteiger partial charge in [0.15, 0.2) is 0 Å². The number of nitrogens with zero attached hydrogens (tertiary/aromatic N) is 2. The minimum Gasteiger partial charge on any atom is -0.367 e. The van der Waals surface area contributed by atoms with Crippen LogP contribution in [0, 0.1) is 11.3 Å². The van der Waals surface area contributed by atoms with Crippen molar-refractivity contribution in [2.24, 2.45) is 0 Å². The number of rotatable bonds is 3. The van der Waals surface area contributed by atoms with Crippen LogP contribution in [-0.2, 0) is 0 Å². The first-order valence-corrected chi connectivity index (χ1v) is 7.22. The molecule has 1 fully saturated rings. The highest BCUT2D eigenvalue weighted by Crippen LogP contribution is 2.27. The van der Waals surface area contributed by atoms with Crippen molar-refractivity contribution < 1.29 is 0 Å². The highest BCUT2D eigenvalue weighted by molar-refractivity contribution is 6.30. The van der Waals surface area contributed by atoms with Crippen molar-refractivity contribution in [2.75, 3.05) is 25.0 Å². The van der Waals surface area contributed by atoms with E-state index >= 15 is 0 Å². The SMILES string of the molecule is CCN1CCCC(C#N)(Nc2cccc(Cl)c2)CC1. The Hall–Kier alpha value is -1.24. The highest BCUT2D eigenvalue weighted by atomic mass is 35.5. The van der Waals surface area contributed by atoms with Crippen LogP contribution in [0.1, 0.15) is 26.2 Å². The van der Waals surface area contributed by atoms with Gasteiger partial charge in [0.05, 0.1) is 6.07 Å². The Labute approximate surface area is 120 Å². The molecule has 1 aromatic carbocycles. The number of nitriles is 1. The van der Waals surface area contributed by atoms with Crippen molar-refractivity contribution in [1.29, 1.82) is 5.26 Å². The van der Waals surface area contributed by atoms with Gasteiger partial charge in [0, 0.05) is 17.3 Å². The second-order valence-electron chi connectivity index (χ2n) is 5.12. The number of halogens is 1. The molecule has 102 valence electrons. The van der Waals surface area contributed by atoms with Crippen LogP contribution in [0.2, 0.25) is 5.02 Å². The molecule has 0 radical (unpaired) electrons. The summed E-state index contributed by atoms with van der Waals surface area (Å²) in [6.07, 6.45) is 2.78. The lowest BCUT2D eigenvalue weighted by molar-refractivity contribution is 0.297. The Bertz CT molecular complexity index is 469. The van der Waals surface area contributed by atoms with Crippen LogP contribution in [0.15, 0.2) is 24.3 Å². The summed E-state index contributed by atoms with van der Waals surface area (Å²) < 4.78 is 0. The number of benzene rings is 1. The monoisotopic (exact) mass is 277 g/mol. The molecule has 0 aromatic heterocycles. The summed E-state index contributed by atoms with van der Waals surface area (Å²) in [6.45, 7) is 5.28. The molecule has 1 N–H and O–H groups in total. The molecule has 2 rings (SSSR count). The maximum absolute atomic E-state index is 9.59. The predicted molar refractivity (Wildman–Crippen MR) is 79.4 cm³/mol. The third-order valence-electron chi connectivity index (χ3n) is 3.80. The fourth-order valence-electron chi connectivity index (χ4n) is 2.61. The van der Waals surface area contributed by atoms with Crippen LogP contribution in [0.25, 0.3) is 0 Å². The Morgan fingerprint density at radius 2 is 2.26 bits per heavy atom. The number of hydrogen-bond acceptors (Lipinski definition) is 3. The summed E-state index contributed by atoms with van der Waals surface area (Å²) in [5, 5.41) is 13.7. The Balaban J connectivity index is 2.12. The van der Waals surface area contributed by atoms with E-state index in [-0.39, 0.29) is 0 Å². The van der Waals surface area contributed by atoms with E-state index in [4.69, 9.17) is 11.6 Å². The van der Waals surface area contributed by atoms with E-state index in [9.17, 15) is 5.26 Å². The number of nitrogens with one attached hydrogen (secondary N) is 1. The van der Waals surface area contributed by atoms with Crippen LogP contribution in [0.5, 0.6) is 0 Å². The largest absolute Gasteiger partial charge is 0.367 e. The van der Waals surface area contributed by atoms with E-state index in [1.165, 1.54) is 0 Å². The van der Waals surface area contributed by atoms with Gasteiger partial charge in [-0.3, -0.25) is 0 Å². The van der Waals surface area contributed by atoms with Gasteiger partial charge in [-0.25, -0.2) is 0 Å². The summed E-state index contributed by atoms with van der Waals surface area (Å²) >= 11 is 6.00. The molecule has 0 bridgehead atoms. The molecular formula is C15H20ClN3. The molecule has 0 spiro atoms. The van der Waals surface area contributed by atoms with Crippen molar-refractivity contribution >= 4 is 17.3 Å². The summed E-state index contributed by atoms with van der Waals surface area (Å²) in [4.78, 5) is 2.40. The second-order valence-corrected chi connectivity index (χ2v) is 5.55. The molecule has 1 aliphatic rings. The van der Waals surface area contributed by atoms with Crippen LogP contribution in [0.3, 0.4) is 0 Å². The van der Waals surface area contributed by atoms with E-state index < -0.39 is 5.54 Å². The van der Waals surface area contributed by atoms with E-state index in [1.54, 1.807) is 0 Å². The van der Waals surface area contributed by atoms with Gasteiger partial charge in [0.1, 0.15) is 5.54 Å². The normalized spacial score (nSPS) is 24.5. The van der Waals surface area contributed by atoms with Crippen LogP contribution in [0.4, 0.5) is 5.69 Å². The van der Waals surface area contributed by atoms with Crippen LogP contribution < -0.4 is 5.32 Å². The van der Waals surface area contributed by atoms with Gasteiger partial charge in [-0.05, 0) is 50.6 Å². The van der Waals surface area contributed by atoms with Crippen molar-refractivity contribution in [1.82, 2.24) is 4.90 Å². The van der Waals surface area contributed by atoms with E-state index in [1.807, 2.05) is 24.3 Å². The third kappa shape index (κ3) is 3.62. The number of anilines is 1. The molecule has 0 amide bonds. The smallest absolute Gasteiger partial charge is 0.126 e. The van der Waals surface area contributed by atoms with Crippen molar-refractivity contribution in [3.05, 3.63) is 29.3 Å². The van der Waals surface area contributed by atoms with Gasteiger partial charge >= 0.3 is 0 Å². The quantitative estimate of drug-likeness (QED) is 0.919. The number of likely N-dealkylation sites (tertiary alicyclic amines) is 1. The van der Waals surface area contributed by atoms with Crippen molar-refractivity contribution in [3.63, 3.8) is 0 Å². The molecule has 4 heteroatoms. The summed E-state index contributed by atoms with van der Waals surface area (Å²) in [6, 6.07) is 10.1. The first-order chi connectivity index (χ1) is 9.17. The molecule has 1 aromatic rings. The lowest BCUT2D eigenvalue weighted by Gasteiger charge is -2.28. The molecule has 1 saturated heterocycles. The summed E-state index contributed by atoms with van der Waals surface area (Å²) in [5.41, 5.74) is 0.466. The van der Waals surface area contributed by atoms with Crippen LogP contribution in [-0.4, -0.2) is 30.1 Å². The molecule has 19 heavy (non-hydrogen) atoms. The van der Waals surface area contributed by atoms with Gasteiger partial charge < -0.3 is 10.2 Å². The lowest BCUT2D eigenvalue weighted by atomic mass is 9.92. The minimum atomic E-state index is -0.464. The van der Waals surface area contributed by atoms with Crippen molar-refractivity contribution in [3.8, 4) is 6.07 Å². The summed E-state index contributed by atoms with van der Waals surface area (Å²) in [5.74, 6) is 0. The van der Waals surface area contributed by atoms with Gasteiger partial charge in [0.2, 0.25) is 0 Å². The first kappa shape index (κ1) is 14.2. The van der Waals surface area contributed by atoms with Crippen molar-refractivity contribution in [2.45, 2.75) is 31.7 Å². The maximum Gasteiger partial charge on any atom is 0.126 e. The third-order valence-corrected chi connectivity index (χ3v) is 4.04. The molecule has 1 heterocycles. The Morgan fingerprint density at radius 3 is 2.95 bits per heavy atom. The molecule has 1 unspecified atom stereocenters. The molecule has 1 atom stereocenters. The zero-order chi connectivity index (χ0) is 13.7. The molecule has 0 aliphatic carbocycles. The van der Waals surface area contributed by atoms with Gasteiger partial charge in [-0.2, -0.15) is 5.26 Å². The fraction of sp³-hybridized carbons (Fsp3) is 0.533. The molecular weight excluding hydrogens is 258 g/mol. The maximum atomic E-state index is 9.59. The average molecular weight is 278 g/mol. The Kier molecular flexibility index (Phi) is 4.68. The fourth-order valence-corrected chi connectivity index (χ4v) is 2.80.